The first kappa shape index (κ1) is 17.7. The molecule has 128 valence electrons. The van der Waals surface area contributed by atoms with Gasteiger partial charge in [0.05, 0.1) is 16.7 Å². The van der Waals surface area contributed by atoms with Gasteiger partial charge < -0.3 is 5.32 Å². The molecule has 0 saturated carbocycles. The number of nitro groups is 1. The molecule has 2 aromatic rings. The summed E-state index contributed by atoms with van der Waals surface area (Å²) in [7, 11) is 1.85. The molecule has 1 heterocycles. The molecule has 0 radical (unpaired) electrons. The molecule has 2 rings (SSSR count). The molecule has 0 unspecified atom stereocenters. The number of nitro benzene ring substituents is 1. The maximum Gasteiger partial charge on any atom is 0.282 e. The molecule has 1 atom stereocenters. The van der Waals surface area contributed by atoms with Crippen LogP contribution in [0.5, 0.6) is 0 Å². The average Bonchev–Trinajstić information content (AvgIpc) is 2.77. The van der Waals surface area contributed by atoms with E-state index in [1.54, 1.807) is 23.7 Å². The fourth-order valence-corrected chi connectivity index (χ4v) is 2.90. The molecule has 1 amide bonds. The summed E-state index contributed by atoms with van der Waals surface area (Å²) in [6.07, 6.45) is 0.665. The smallest absolute Gasteiger partial charge is 0.282 e. The standard InChI is InChI=1S/C17H22N4O3/c1-6-14(16-11(3)19-20(5)12(16)4)18-17(22)13-9-10(2)7-8-15(13)21(23)24/h7-9,14H,6H2,1-5H3,(H,18,22)/t14-/m1/s1. The van der Waals surface area contributed by atoms with E-state index in [4.69, 9.17) is 0 Å². The molecule has 0 bridgehead atoms. The molecule has 1 aromatic carbocycles. The van der Waals surface area contributed by atoms with E-state index >= 15 is 0 Å². The molecule has 1 aromatic heterocycles. The largest absolute Gasteiger partial charge is 0.345 e. The van der Waals surface area contributed by atoms with Crippen LogP contribution >= 0.6 is 0 Å². The number of aromatic nitrogens is 2. The quantitative estimate of drug-likeness (QED) is 0.673. The second kappa shape index (κ2) is 6.82. The van der Waals surface area contributed by atoms with Crippen molar-refractivity contribution in [1.82, 2.24) is 15.1 Å². The van der Waals surface area contributed by atoms with Crippen LogP contribution in [0, 0.1) is 30.9 Å². The lowest BCUT2D eigenvalue weighted by Crippen LogP contribution is -2.29. The van der Waals surface area contributed by atoms with Gasteiger partial charge in [0.1, 0.15) is 5.56 Å². The summed E-state index contributed by atoms with van der Waals surface area (Å²) < 4.78 is 1.77. The minimum atomic E-state index is -0.532. The van der Waals surface area contributed by atoms with Gasteiger partial charge in [0.2, 0.25) is 0 Å². The summed E-state index contributed by atoms with van der Waals surface area (Å²) >= 11 is 0. The molecule has 1 N–H and O–H groups in total. The number of aryl methyl sites for hydroxylation is 3. The van der Waals surface area contributed by atoms with Gasteiger partial charge in [-0.15, -0.1) is 0 Å². The summed E-state index contributed by atoms with van der Waals surface area (Å²) in [5, 5.41) is 18.5. The fraction of sp³-hybridized carbons (Fsp3) is 0.412. The van der Waals surface area contributed by atoms with Gasteiger partial charge in [0.25, 0.3) is 11.6 Å². The second-order valence-corrected chi connectivity index (χ2v) is 5.92. The lowest BCUT2D eigenvalue weighted by atomic mass is 10.0. The van der Waals surface area contributed by atoms with E-state index in [9.17, 15) is 14.9 Å². The lowest BCUT2D eigenvalue weighted by Gasteiger charge is -2.18. The maximum atomic E-state index is 12.7. The number of carbonyl (C=O) groups excluding carboxylic acids is 1. The highest BCUT2D eigenvalue weighted by Crippen LogP contribution is 2.26. The number of amides is 1. The van der Waals surface area contributed by atoms with Crippen LogP contribution in [0.3, 0.4) is 0 Å². The second-order valence-electron chi connectivity index (χ2n) is 5.92. The first-order chi connectivity index (χ1) is 11.3. The number of carbonyl (C=O) groups is 1. The third kappa shape index (κ3) is 3.29. The molecule has 7 heteroatoms. The van der Waals surface area contributed by atoms with Gasteiger partial charge in [-0.3, -0.25) is 19.6 Å². The van der Waals surface area contributed by atoms with Crippen molar-refractivity contribution in [2.45, 2.75) is 40.2 Å². The van der Waals surface area contributed by atoms with Crippen LogP contribution in [0.15, 0.2) is 18.2 Å². The normalized spacial score (nSPS) is 12.0. The lowest BCUT2D eigenvalue weighted by molar-refractivity contribution is -0.385. The van der Waals surface area contributed by atoms with Crippen molar-refractivity contribution in [1.29, 1.82) is 0 Å². The zero-order valence-corrected chi connectivity index (χ0v) is 14.6. The van der Waals surface area contributed by atoms with Gasteiger partial charge in [0, 0.05) is 24.4 Å². The van der Waals surface area contributed by atoms with E-state index in [1.807, 2.05) is 27.8 Å². The van der Waals surface area contributed by atoms with Crippen LogP contribution < -0.4 is 5.32 Å². The Kier molecular flexibility index (Phi) is 5.02. The molecule has 7 nitrogen and oxygen atoms in total. The van der Waals surface area contributed by atoms with E-state index in [2.05, 4.69) is 10.4 Å². The Morgan fingerprint density at radius 2 is 2.04 bits per heavy atom. The average molecular weight is 330 g/mol. The van der Waals surface area contributed by atoms with Crippen LogP contribution in [-0.2, 0) is 7.05 Å². The topological polar surface area (TPSA) is 90.1 Å². The zero-order valence-electron chi connectivity index (χ0n) is 14.6. The number of hydrogen-bond acceptors (Lipinski definition) is 4. The molecule has 24 heavy (non-hydrogen) atoms. The Morgan fingerprint density at radius 3 is 2.54 bits per heavy atom. The van der Waals surface area contributed by atoms with E-state index < -0.39 is 10.8 Å². The third-order valence-electron chi connectivity index (χ3n) is 4.22. The summed E-state index contributed by atoms with van der Waals surface area (Å²) in [6, 6.07) is 4.29. The number of rotatable bonds is 5. The number of nitrogens with zero attached hydrogens (tertiary/aromatic N) is 3. The molecule has 0 spiro atoms. The van der Waals surface area contributed by atoms with Gasteiger partial charge >= 0.3 is 0 Å². The van der Waals surface area contributed by atoms with Crippen LogP contribution in [0.1, 0.15) is 52.3 Å². The highest BCUT2D eigenvalue weighted by molar-refractivity contribution is 5.98. The number of nitrogens with one attached hydrogen (secondary N) is 1. The van der Waals surface area contributed by atoms with Crippen molar-refractivity contribution in [3.05, 3.63) is 56.4 Å². The highest BCUT2D eigenvalue weighted by atomic mass is 16.6. The zero-order chi connectivity index (χ0) is 18.0. The molecule has 0 aliphatic rings. The highest BCUT2D eigenvalue weighted by Gasteiger charge is 2.25. The summed E-state index contributed by atoms with van der Waals surface area (Å²) in [4.78, 5) is 23.3. The molecular formula is C17H22N4O3. The van der Waals surface area contributed by atoms with E-state index in [1.165, 1.54) is 6.07 Å². The first-order valence-corrected chi connectivity index (χ1v) is 7.82. The summed E-state index contributed by atoms with van der Waals surface area (Å²) in [5.41, 5.74) is 3.47. The predicted molar refractivity (Wildman–Crippen MR) is 91.0 cm³/mol. The van der Waals surface area contributed by atoms with Crippen molar-refractivity contribution in [3.8, 4) is 0 Å². The van der Waals surface area contributed by atoms with E-state index in [0.717, 1.165) is 22.5 Å². The molecule has 0 aliphatic heterocycles. The molecule has 0 aliphatic carbocycles. The Balaban J connectivity index is 2.37. The Bertz CT molecular complexity index is 795. The Labute approximate surface area is 140 Å². The van der Waals surface area contributed by atoms with Crippen molar-refractivity contribution >= 4 is 11.6 Å². The molecule has 0 saturated heterocycles. The maximum absolute atomic E-state index is 12.7. The van der Waals surface area contributed by atoms with Crippen LogP contribution in [0.2, 0.25) is 0 Å². The van der Waals surface area contributed by atoms with E-state index in [-0.39, 0.29) is 17.3 Å². The minimum Gasteiger partial charge on any atom is -0.345 e. The third-order valence-corrected chi connectivity index (χ3v) is 4.22. The van der Waals surface area contributed by atoms with Crippen molar-refractivity contribution in [3.63, 3.8) is 0 Å². The van der Waals surface area contributed by atoms with Gasteiger partial charge in [0.15, 0.2) is 0 Å². The van der Waals surface area contributed by atoms with Crippen LogP contribution in [0.25, 0.3) is 0 Å². The fourth-order valence-electron chi connectivity index (χ4n) is 2.90. The molecular weight excluding hydrogens is 308 g/mol. The monoisotopic (exact) mass is 330 g/mol. The van der Waals surface area contributed by atoms with Crippen LogP contribution in [-0.4, -0.2) is 20.6 Å². The van der Waals surface area contributed by atoms with Gasteiger partial charge in [-0.25, -0.2) is 0 Å². The van der Waals surface area contributed by atoms with Gasteiger partial charge in [-0.05, 0) is 38.8 Å². The SMILES string of the molecule is CC[C@@H](NC(=O)c1cc(C)ccc1[N+](=O)[O-])c1c(C)nn(C)c1C. The predicted octanol–water partition coefficient (Wildman–Crippen LogP) is 3.13. The minimum absolute atomic E-state index is 0.0812. The van der Waals surface area contributed by atoms with Gasteiger partial charge in [-0.2, -0.15) is 5.10 Å². The number of benzene rings is 1. The van der Waals surface area contributed by atoms with E-state index in [0.29, 0.717) is 6.42 Å². The van der Waals surface area contributed by atoms with Crippen molar-refractivity contribution in [2.75, 3.05) is 0 Å². The molecule has 0 fully saturated rings. The van der Waals surface area contributed by atoms with Crippen LogP contribution in [0.4, 0.5) is 5.69 Å². The summed E-state index contributed by atoms with van der Waals surface area (Å²) in [5.74, 6) is -0.445. The van der Waals surface area contributed by atoms with Crippen molar-refractivity contribution < 1.29 is 9.72 Å². The van der Waals surface area contributed by atoms with Gasteiger partial charge in [-0.1, -0.05) is 13.0 Å². The van der Waals surface area contributed by atoms with Crippen molar-refractivity contribution in [2.24, 2.45) is 7.05 Å². The first-order valence-electron chi connectivity index (χ1n) is 7.82. The number of hydrogen-bond donors (Lipinski definition) is 1. The summed E-state index contributed by atoms with van der Waals surface area (Å²) in [6.45, 7) is 7.60. The Hall–Kier alpha value is -2.70. The Morgan fingerprint density at radius 1 is 1.38 bits per heavy atom.